The van der Waals surface area contributed by atoms with Crippen LogP contribution in [0.5, 0.6) is 0 Å². The lowest BCUT2D eigenvalue weighted by Crippen LogP contribution is -2.48. The average Bonchev–Trinajstić information content (AvgIpc) is 2.25. The molecular formula is C15H34N2. The summed E-state index contributed by atoms with van der Waals surface area (Å²) in [6, 6.07) is 1.22. The van der Waals surface area contributed by atoms with Crippen LogP contribution in [0.25, 0.3) is 0 Å². The van der Waals surface area contributed by atoms with Gasteiger partial charge in [0.05, 0.1) is 0 Å². The summed E-state index contributed by atoms with van der Waals surface area (Å²) < 4.78 is 0. The first-order chi connectivity index (χ1) is 7.71. The summed E-state index contributed by atoms with van der Waals surface area (Å²) in [5.41, 5.74) is 0.347. The molecule has 0 aromatic heterocycles. The van der Waals surface area contributed by atoms with E-state index >= 15 is 0 Å². The standard InChI is InChI=1S/C15H34N2/c1-9-10-16-11-12(2)13(3)17(8)14(4)15(5,6)7/h12-14,16H,9-11H2,1-8H3. The molecule has 3 unspecified atom stereocenters. The Morgan fingerprint density at radius 2 is 1.65 bits per heavy atom. The Kier molecular flexibility index (Phi) is 7.34. The van der Waals surface area contributed by atoms with E-state index in [1.165, 1.54) is 6.42 Å². The van der Waals surface area contributed by atoms with Crippen molar-refractivity contribution in [3.05, 3.63) is 0 Å². The molecule has 17 heavy (non-hydrogen) atoms. The minimum absolute atomic E-state index is 0.347. The van der Waals surface area contributed by atoms with E-state index in [0.29, 0.717) is 23.4 Å². The zero-order chi connectivity index (χ0) is 13.6. The minimum atomic E-state index is 0.347. The van der Waals surface area contributed by atoms with E-state index in [0.717, 1.165) is 13.1 Å². The van der Waals surface area contributed by atoms with Crippen LogP contribution in [0.15, 0.2) is 0 Å². The van der Waals surface area contributed by atoms with Gasteiger partial charge in [0.25, 0.3) is 0 Å². The van der Waals surface area contributed by atoms with Gasteiger partial charge in [0.15, 0.2) is 0 Å². The van der Waals surface area contributed by atoms with Crippen molar-refractivity contribution in [1.29, 1.82) is 0 Å². The molecule has 3 atom stereocenters. The summed E-state index contributed by atoms with van der Waals surface area (Å²) in [6.07, 6.45) is 1.22. The maximum atomic E-state index is 3.52. The number of hydrogen-bond acceptors (Lipinski definition) is 2. The molecule has 0 saturated carbocycles. The van der Waals surface area contributed by atoms with Crippen LogP contribution in [0.4, 0.5) is 0 Å². The molecule has 0 aliphatic rings. The van der Waals surface area contributed by atoms with Crippen molar-refractivity contribution in [3.63, 3.8) is 0 Å². The van der Waals surface area contributed by atoms with Gasteiger partial charge in [-0.2, -0.15) is 0 Å². The van der Waals surface area contributed by atoms with Gasteiger partial charge >= 0.3 is 0 Å². The highest BCUT2D eigenvalue weighted by atomic mass is 15.2. The molecule has 0 aliphatic carbocycles. The molecule has 0 aliphatic heterocycles. The molecule has 0 radical (unpaired) electrons. The van der Waals surface area contributed by atoms with E-state index in [4.69, 9.17) is 0 Å². The molecule has 0 heterocycles. The Labute approximate surface area is 109 Å². The predicted molar refractivity (Wildman–Crippen MR) is 78.5 cm³/mol. The summed E-state index contributed by atoms with van der Waals surface area (Å²) in [5.74, 6) is 0.691. The summed E-state index contributed by atoms with van der Waals surface area (Å²) in [7, 11) is 2.26. The Morgan fingerprint density at radius 3 is 2.06 bits per heavy atom. The fraction of sp³-hybridized carbons (Fsp3) is 1.00. The van der Waals surface area contributed by atoms with E-state index in [2.05, 4.69) is 65.7 Å². The van der Waals surface area contributed by atoms with Crippen LogP contribution < -0.4 is 5.32 Å². The minimum Gasteiger partial charge on any atom is -0.316 e. The van der Waals surface area contributed by atoms with E-state index in [1.54, 1.807) is 0 Å². The maximum Gasteiger partial charge on any atom is 0.0115 e. The van der Waals surface area contributed by atoms with E-state index in [-0.39, 0.29) is 0 Å². The highest BCUT2D eigenvalue weighted by Crippen LogP contribution is 2.25. The Morgan fingerprint density at radius 1 is 1.12 bits per heavy atom. The monoisotopic (exact) mass is 242 g/mol. The van der Waals surface area contributed by atoms with Crippen molar-refractivity contribution in [2.75, 3.05) is 20.1 Å². The summed E-state index contributed by atoms with van der Waals surface area (Å²) in [4.78, 5) is 2.53. The summed E-state index contributed by atoms with van der Waals surface area (Å²) >= 11 is 0. The third-order valence-corrected chi connectivity index (χ3v) is 4.22. The van der Waals surface area contributed by atoms with Gasteiger partial charge in [-0.25, -0.2) is 0 Å². The van der Waals surface area contributed by atoms with Gasteiger partial charge in [0.2, 0.25) is 0 Å². The van der Waals surface area contributed by atoms with Crippen molar-refractivity contribution in [3.8, 4) is 0 Å². The molecule has 2 nitrogen and oxygen atoms in total. The molecule has 0 spiro atoms. The second-order valence-electron chi connectivity index (χ2n) is 6.63. The average molecular weight is 242 g/mol. The lowest BCUT2D eigenvalue weighted by atomic mass is 9.85. The van der Waals surface area contributed by atoms with Crippen molar-refractivity contribution in [2.45, 2.75) is 67.0 Å². The van der Waals surface area contributed by atoms with Crippen LogP contribution in [-0.2, 0) is 0 Å². The van der Waals surface area contributed by atoms with Crippen molar-refractivity contribution in [2.24, 2.45) is 11.3 Å². The molecule has 104 valence electrons. The number of rotatable bonds is 7. The van der Waals surface area contributed by atoms with Crippen molar-refractivity contribution < 1.29 is 0 Å². The lowest BCUT2D eigenvalue weighted by molar-refractivity contribution is 0.0796. The summed E-state index contributed by atoms with van der Waals surface area (Å²) in [6.45, 7) is 18.5. The first-order valence-electron chi connectivity index (χ1n) is 7.14. The maximum absolute atomic E-state index is 3.52. The molecule has 0 aromatic rings. The first-order valence-corrected chi connectivity index (χ1v) is 7.14. The Balaban J connectivity index is 4.23. The van der Waals surface area contributed by atoms with Crippen LogP contribution >= 0.6 is 0 Å². The molecule has 0 saturated heterocycles. The van der Waals surface area contributed by atoms with Crippen LogP contribution in [0.3, 0.4) is 0 Å². The molecule has 0 amide bonds. The van der Waals surface area contributed by atoms with Gasteiger partial charge in [-0.3, -0.25) is 0 Å². The number of hydrogen-bond donors (Lipinski definition) is 1. The van der Waals surface area contributed by atoms with Gasteiger partial charge in [0.1, 0.15) is 0 Å². The van der Waals surface area contributed by atoms with Crippen molar-refractivity contribution >= 4 is 0 Å². The Bertz CT molecular complexity index is 196. The lowest BCUT2D eigenvalue weighted by Gasteiger charge is -2.41. The highest BCUT2D eigenvalue weighted by Gasteiger charge is 2.28. The number of nitrogens with zero attached hydrogens (tertiary/aromatic N) is 1. The van der Waals surface area contributed by atoms with Gasteiger partial charge in [-0.05, 0) is 51.7 Å². The van der Waals surface area contributed by atoms with Crippen molar-refractivity contribution in [1.82, 2.24) is 10.2 Å². The Hall–Kier alpha value is -0.0800. The molecular weight excluding hydrogens is 208 g/mol. The third kappa shape index (κ3) is 5.87. The predicted octanol–water partition coefficient (Wildman–Crippen LogP) is 3.38. The fourth-order valence-corrected chi connectivity index (χ4v) is 2.04. The van der Waals surface area contributed by atoms with E-state index in [1.807, 2.05) is 0 Å². The molecule has 2 heteroatoms. The van der Waals surface area contributed by atoms with Crippen LogP contribution in [-0.4, -0.2) is 37.1 Å². The molecule has 0 rings (SSSR count). The van der Waals surface area contributed by atoms with Crippen LogP contribution in [0, 0.1) is 11.3 Å². The van der Waals surface area contributed by atoms with Gasteiger partial charge in [-0.15, -0.1) is 0 Å². The normalized spacial score (nSPS) is 18.2. The zero-order valence-electron chi connectivity index (χ0n) is 13.3. The summed E-state index contributed by atoms with van der Waals surface area (Å²) in [5, 5.41) is 3.52. The smallest absolute Gasteiger partial charge is 0.0115 e. The molecule has 0 bridgehead atoms. The fourth-order valence-electron chi connectivity index (χ4n) is 2.04. The SMILES string of the molecule is CCCNCC(C)C(C)N(C)C(C)C(C)(C)C. The molecule has 0 aromatic carbocycles. The second-order valence-corrected chi connectivity index (χ2v) is 6.63. The highest BCUT2D eigenvalue weighted by molar-refractivity contribution is 4.82. The first kappa shape index (κ1) is 16.9. The van der Waals surface area contributed by atoms with Gasteiger partial charge < -0.3 is 10.2 Å². The number of nitrogens with one attached hydrogen (secondary N) is 1. The molecule has 0 fully saturated rings. The van der Waals surface area contributed by atoms with Crippen LogP contribution in [0.2, 0.25) is 0 Å². The van der Waals surface area contributed by atoms with Gasteiger partial charge in [0, 0.05) is 12.1 Å². The zero-order valence-corrected chi connectivity index (χ0v) is 13.3. The van der Waals surface area contributed by atoms with Crippen LogP contribution in [0.1, 0.15) is 54.9 Å². The van der Waals surface area contributed by atoms with E-state index in [9.17, 15) is 0 Å². The van der Waals surface area contributed by atoms with E-state index < -0.39 is 0 Å². The topological polar surface area (TPSA) is 15.3 Å². The quantitative estimate of drug-likeness (QED) is 0.689. The van der Waals surface area contributed by atoms with Gasteiger partial charge in [-0.1, -0.05) is 34.6 Å². The third-order valence-electron chi connectivity index (χ3n) is 4.22. The molecule has 1 N–H and O–H groups in total. The largest absolute Gasteiger partial charge is 0.316 e. The second kappa shape index (κ2) is 7.38.